The van der Waals surface area contributed by atoms with E-state index in [4.69, 9.17) is 5.73 Å². The van der Waals surface area contributed by atoms with E-state index >= 15 is 0 Å². The minimum atomic E-state index is -0.314. The highest BCUT2D eigenvalue weighted by Crippen LogP contribution is 2.18. The van der Waals surface area contributed by atoms with Crippen LogP contribution in [-0.4, -0.2) is 29.9 Å². The minimum absolute atomic E-state index is 0. The van der Waals surface area contributed by atoms with E-state index in [1.807, 2.05) is 0 Å². The summed E-state index contributed by atoms with van der Waals surface area (Å²) in [6, 6.07) is 4.75. The van der Waals surface area contributed by atoms with Gasteiger partial charge in [0.05, 0.1) is 10.9 Å². The molecule has 1 amide bonds. The maximum Gasteiger partial charge on any atom is 0.227 e. The molecule has 19 heavy (non-hydrogen) atoms. The van der Waals surface area contributed by atoms with Gasteiger partial charge in [-0.25, -0.2) is 4.39 Å². The van der Waals surface area contributed by atoms with Crippen LogP contribution in [0.15, 0.2) is 22.7 Å². The summed E-state index contributed by atoms with van der Waals surface area (Å²) in [7, 11) is 0. The number of nitrogens with zero attached hydrogens (tertiary/aromatic N) is 1. The standard InChI is InChI=1S/C13H16BrFN2O.ClH/c14-11-6-9(3-4-12(11)15)7-13(18)17-5-1-2-10(16)8-17;/h3-4,6,10H,1-2,5,7-8,16H2;1H. The van der Waals surface area contributed by atoms with Gasteiger partial charge in [0.1, 0.15) is 5.82 Å². The smallest absolute Gasteiger partial charge is 0.227 e. The molecule has 6 heteroatoms. The fourth-order valence-electron chi connectivity index (χ4n) is 2.17. The lowest BCUT2D eigenvalue weighted by Gasteiger charge is -2.30. The average Bonchev–Trinajstić information content (AvgIpc) is 2.34. The Kier molecular flexibility index (Phi) is 6.23. The molecule has 0 radical (unpaired) electrons. The van der Waals surface area contributed by atoms with Crippen molar-refractivity contribution in [3.63, 3.8) is 0 Å². The van der Waals surface area contributed by atoms with Crippen LogP contribution in [0, 0.1) is 5.82 Å². The predicted octanol–water partition coefficient (Wildman–Crippen LogP) is 2.50. The van der Waals surface area contributed by atoms with Gasteiger partial charge in [-0.2, -0.15) is 0 Å². The number of hydrogen-bond acceptors (Lipinski definition) is 2. The van der Waals surface area contributed by atoms with Crippen molar-refractivity contribution in [3.05, 3.63) is 34.1 Å². The third-order valence-corrected chi connectivity index (χ3v) is 3.76. The van der Waals surface area contributed by atoms with Crippen LogP contribution in [0.4, 0.5) is 4.39 Å². The number of benzene rings is 1. The van der Waals surface area contributed by atoms with E-state index in [9.17, 15) is 9.18 Å². The Balaban J connectivity index is 0.00000180. The summed E-state index contributed by atoms with van der Waals surface area (Å²) in [6.07, 6.45) is 2.23. The summed E-state index contributed by atoms with van der Waals surface area (Å²) in [4.78, 5) is 13.9. The van der Waals surface area contributed by atoms with Crippen molar-refractivity contribution in [2.75, 3.05) is 13.1 Å². The van der Waals surface area contributed by atoms with Gasteiger partial charge in [-0.15, -0.1) is 12.4 Å². The van der Waals surface area contributed by atoms with Crippen molar-refractivity contribution >= 4 is 34.2 Å². The Bertz CT molecular complexity index is 458. The number of amides is 1. The molecule has 0 bridgehead atoms. The fourth-order valence-corrected chi connectivity index (χ4v) is 2.60. The Morgan fingerprint density at radius 1 is 1.53 bits per heavy atom. The maximum absolute atomic E-state index is 13.1. The van der Waals surface area contributed by atoms with Crippen LogP contribution in [0.25, 0.3) is 0 Å². The third-order valence-electron chi connectivity index (χ3n) is 3.15. The van der Waals surface area contributed by atoms with E-state index < -0.39 is 0 Å². The number of rotatable bonds is 2. The van der Waals surface area contributed by atoms with Crippen LogP contribution in [0.5, 0.6) is 0 Å². The highest BCUT2D eigenvalue weighted by atomic mass is 79.9. The molecule has 0 aliphatic carbocycles. The molecule has 1 aliphatic rings. The van der Waals surface area contributed by atoms with Crippen molar-refractivity contribution in [1.29, 1.82) is 0 Å². The summed E-state index contributed by atoms with van der Waals surface area (Å²) >= 11 is 3.12. The molecule has 0 aromatic heterocycles. The van der Waals surface area contributed by atoms with Crippen LogP contribution in [-0.2, 0) is 11.2 Å². The number of carbonyl (C=O) groups is 1. The number of carbonyl (C=O) groups excluding carboxylic acids is 1. The van der Waals surface area contributed by atoms with Crippen molar-refractivity contribution in [2.24, 2.45) is 5.73 Å². The molecule has 1 atom stereocenters. The summed E-state index contributed by atoms with van der Waals surface area (Å²) in [6.45, 7) is 1.40. The monoisotopic (exact) mass is 350 g/mol. The molecule has 106 valence electrons. The minimum Gasteiger partial charge on any atom is -0.341 e. The van der Waals surface area contributed by atoms with E-state index in [1.54, 1.807) is 17.0 Å². The molecule has 1 saturated heterocycles. The first kappa shape index (κ1) is 16.4. The average molecular weight is 352 g/mol. The molecule has 2 rings (SSSR count). The van der Waals surface area contributed by atoms with Gasteiger partial charge in [0.2, 0.25) is 5.91 Å². The number of halogens is 3. The van der Waals surface area contributed by atoms with Gasteiger partial charge in [-0.1, -0.05) is 6.07 Å². The number of likely N-dealkylation sites (tertiary alicyclic amines) is 1. The molecule has 1 heterocycles. The summed E-state index contributed by atoms with van der Waals surface area (Å²) < 4.78 is 13.5. The van der Waals surface area contributed by atoms with Crippen LogP contribution >= 0.6 is 28.3 Å². The second-order valence-corrected chi connectivity index (χ2v) is 5.52. The lowest BCUT2D eigenvalue weighted by atomic mass is 10.1. The zero-order chi connectivity index (χ0) is 13.1. The molecule has 1 aromatic rings. The quantitative estimate of drug-likeness (QED) is 0.890. The van der Waals surface area contributed by atoms with E-state index in [0.29, 0.717) is 17.4 Å². The van der Waals surface area contributed by atoms with Crippen molar-refractivity contribution in [2.45, 2.75) is 25.3 Å². The van der Waals surface area contributed by atoms with E-state index in [0.717, 1.165) is 24.9 Å². The molecule has 1 unspecified atom stereocenters. The highest BCUT2D eigenvalue weighted by molar-refractivity contribution is 9.10. The van der Waals surface area contributed by atoms with Crippen LogP contribution < -0.4 is 5.73 Å². The second-order valence-electron chi connectivity index (χ2n) is 4.67. The molecule has 1 fully saturated rings. The van der Waals surface area contributed by atoms with Gasteiger partial charge in [0, 0.05) is 19.1 Å². The zero-order valence-corrected chi connectivity index (χ0v) is 12.8. The first-order valence-corrected chi connectivity index (χ1v) is 6.83. The van der Waals surface area contributed by atoms with Gasteiger partial charge >= 0.3 is 0 Å². The lowest BCUT2D eigenvalue weighted by Crippen LogP contribution is -2.46. The number of nitrogens with two attached hydrogens (primary N) is 1. The van der Waals surface area contributed by atoms with Gasteiger partial charge in [-0.05, 0) is 46.5 Å². The molecular weight excluding hydrogens is 335 g/mol. The summed E-state index contributed by atoms with van der Waals surface area (Å²) in [5.41, 5.74) is 6.66. The van der Waals surface area contributed by atoms with Gasteiger partial charge in [0.25, 0.3) is 0 Å². The summed E-state index contributed by atoms with van der Waals surface area (Å²) in [5.74, 6) is -0.255. The van der Waals surface area contributed by atoms with Crippen LogP contribution in [0.3, 0.4) is 0 Å². The Hall–Kier alpha value is -0.650. The van der Waals surface area contributed by atoms with Gasteiger partial charge in [-0.3, -0.25) is 4.79 Å². The largest absolute Gasteiger partial charge is 0.341 e. The van der Waals surface area contributed by atoms with E-state index in [-0.39, 0.29) is 30.2 Å². The van der Waals surface area contributed by atoms with Crippen molar-refractivity contribution in [1.82, 2.24) is 4.90 Å². The van der Waals surface area contributed by atoms with Crippen molar-refractivity contribution < 1.29 is 9.18 Å². The highest BCUT2D eigenvalue weighted by Gasteiger charge is 2.21. The molecule has 1 aromatic carbocycles. The van der Waals surface area contributed by atoms with E-state index in [1.165, 1.54) is 6.07 Å². The third kappa shape index (κ3) is 4.44. The first-order valence-electron chi connectivity index (χ1n) is 6.03. The van der Waals surface area contributed by atoms with Crippen LogP contribution in [0.2, 0.25) is 0 Å². The zero-order valence-electron chi connectivity index (χ0n) is 10.4. The summed E-state index contributed by atoms with van der Waals surface area (Å²) in [5, 5.41) is 0. The molecule has 1 aliphatic heterocycles. The molecule has 0 spiro atoms. The fraction of sp³-hybridized carbons (Fsp3) is 0.462. The number of piperidine rings is 1. The maximum atomic E-state index is 13.1. The lowest BCUT2D eigenvalue weighted by molar-refractivity contribution is -0.131. The normalized spacial score (nSPS) is 18.9. The topological polar surface area (TPSA) is 46.3 Å². The SMILES string of the molecule is Cl.NC1CCCN(C(=O)Cc2ccc(F)c(Br)c2)C1. The Morgan fingerprint density at radius 2 is 2.26 bits per heavy atom. The number of hydrogen-bond donors (Lipinski definition) is 1. The second kappa shape index (κ2) is 7.22. The predicted molar refractivity (Wildman–Crippen MR) is 78.8 cm³/mol. The first-order chi connectivity index (χ1) is 8.56. The Labute approximate surface area is 126 Å². The molecule has 3 nitrogen and oxygen atoms in total. The van der Waals surface area contributed by atoms with Crippen LogP contribution in [0.1, 0.15) is 18.4 Å². The van der Waals surface area contributed by atoms with E-state index in [2.05, 4.69) is 15.9 Å². The molecule has 0 saturated carbocycles. The van der Waals surface area contributed by atoms with Gasteiger partial charge in [0.15, 0.2) is 0 Å². The van der Waals surface area contributed by atoms with Crippen molar-refractivity contribution in [3.8, 4) is 0 Å². The van der Waals surface area contributed by atoms with Gasteiger partial charge < -0.3 is 10.6 Å². The molecular formula is C13H17BrClFN2O. The Morgan fingerprint density at radius 3 is 2.89 bits per heavy atom. The molecule has 2 N–H and O–H groups in total.